The first-order chi connectivity index (χ1) is 15.5. The highest BCUT2D eigenvalue weighted by Crippen LogP contribution is 2.47. The number of nitrogens with zero attached hydrogens (tertiary/aromatic N) is 1. The maximum Gasteiger partial charge on any atom is 0.120 e. The second kappa shape index (κ2) is 6.14. The van der Waals surface area contributed by atoms with Gasteiger partial charge in [-0.05, 0) is 71.6 Å². The Morgan fingerprint density at radius 3 is 2.44 bits per heavy atom. The second-order valence-electron chi connectivity index (χ2n) is 9.32. The molecule has 3 heteroatoms. The summed E-state index contributed by atoms with van der Waals surface area (Å²) in [5, 5.41) is 8.00. The minimum Gasteiger partial charge on any atom is -0.497 e. The molecule has 0 bridgehead atoms. The summed E-state index contributed by atoms with van der Waals surface area (Å²) in [6.07, 6.45) is 0. The molecular weight excluding hydrogens is 410 g/mol. The van der Waals surface area contributed by atoms with E-state index in [1.807, 2.05) is 11.3 Å². The van der Waals surface area contributed by atoms with Crippen molar-refractivity contribution in [3.63, 3.8) is 0 Å². The minimum absolute atomic E-state index is 0.482. The molecule has 7 rings (SSSR count). The summed E-state index contributed by atoms with van der Waals surface area (Å²) < 4.78 is 10.7. The van der Waals surface area contributed by atoms with Crippen molar-refractivity contribution in [2.24, 2.45) is 0 Å². The molecule has 0 saturated carbocycles. The minimum atomic E-state index is 0.482. The topological polar surface area (TPSA) is 13.6 Å². The molecule has 4 aromatic carbocycles. The Bertz CT molecular complexity index is 1850. The predicted octanol–water partition coefficient (Wildman–Crippen LogP) is 8.65. The molecule has 3 heterocycles. The fourth-order valence-electron chi connectivity index (χ4n) is 5.36. The number of thiophene rings is 1. The van der Waals surface area contributed by atoms with Gasteiger partial charge in [0.25, 0.3) is 0 Å². The summed E-state index contributed by atoms with van der Waals surface area (Å²) in [5.41, 5.74) is 6.69. The van der Waals surface area contributed by atoms with Crippen LogP contribution in [0.5, 0.6) is 5.75 Å². The average Bonchev–Trinajstić information content (AvgIpc) is 3.41. The van der Waals surface area contributed by atoms with Crippen molar-refractivity contribution in [1.82, 2.24) is 4.40 Å². The van der Waals surface area contributed by atoms with Crippen LogP contribution in [0.2, 0.25) is 0 Å². The van der Waals surface area contributed by atoms with Gasteiger partial charge in [0, 0.05) is 26.2 Å². The van der Waals surface area contributed by atoms with E-state index in [-0.39, 0.29) is 0 Å². The summed E-state index contributed by atoms with van der Waals surface area (Å²) >= 11 is 1.88. The first-order valence-electron chi connectivity index (χ1n) is 11.2. The first kappa shape index (κ1) is 18.3. The van der Waals surface area contributed by atoms with Crippen LogP contribution in [-0.2, 0) is 0 Å². The third-order valence-electron chi connectivity index (χ3n) is 7.00. The van der Waals surface area contributed by atoms with E-state index in [4.69, 9.17) is 4.74 Å². The van der Waals surface area contributed by atoms with Crippen molar-refractivity contribution in [2.45, 2.75) is 26.7 Å². The van der Waals surface area contributed by atoms with Gasteiger partial charge in [-0.2, -0.15) is 0 Å². The van der Waals surface area contributed by atoms with E-state index in [0.29, 0.717) is 5.92 Å². The number of methoxy groups -OCH3 is 1. The van der Waals surface area contributed by atoms with Crippen LogP contribution in [0.15, 0.2) is 60.7 Å². The molecule has 0 aliphatic carbocycles. The Hall–Kier alpha value is -3.30. The zero-order valence-electron chi connectivity index (χ0n) is 18.6. The summed E-state index contributed by atoms with van der Waals surface area (Å²) in [4.78, 5) is 0. The molecule has 2 nitrogen and oxygen atoms in total. The smallest absolute Gasteiger partial charge is 0.120 e. The lowest BCUT2D eigenvalue weighted by molar-refractivity contribution is 0.415. The molecule has 0 atom stereocenters. The van der Waals surface area contributed by atoms with Gasteiger partial charge in [0.05, 0.1) is 28.4 Å². The van der Waals surface area contributed by atoms with Crippen LogP contribution in [0.1, 0.15) is 30.9 Å². The Balaban J connectivity index is 1.78. The van der Waals surface area contributed by atoms with E-state index in [0.717, 1.165) is 5.75 Å². The lowest BCUT2D eigenvalue weighted by atomic mass is 9.98. The van der Waals surface area contributed by atoms with Crippen LogP contribution in [0.25, 0.3) is 58.3 Å². The van der Waals surface area contributed by atoms with E-state index >= 15 is 0 Å². The van der Waals surface area contributed by atoms with Crippen LogP contribution in [0.3, 0.4) is 0 Å². The van der Waals surface area contributed by atoms with Crippen molar-refractivity contribution >= 4 is 69.6 Å². The van der Waals surface area contributed by atoms with Crippen molar-refractivity contribution < 1.29 is 4.74 Å². The lowest BCUT2D eigenvalue weighted by Gasteiger charge is -2.06. The van der Waals surface area contributed by atoms with E-state index in [1.54, 1.807) is 7.11 Å². The highest BCUT2D eigenvalue weighted by molar-refractivity contribution is 7.26. The van der Waals surface area contributed by atoms with E-state index in [9.17, 15) is 0 Å². The maximum atomic E-state index is 5.52. The molecule has 32 heavy (non-hydrogen) atoms. The fourth-order valence-corrected chi connectivity index (χ4v) is 6.60. The second-order valence-corrected chi connectivity index (χ2v) is 10.4. The summed E-state index contributed by atoms with van der Waals surface area (Å²) in [6, 6.07) is 22.9. The van der Waals surface area contributed by atoms with Gasteiger partial charge in [0.15, 0.2) is 0 Å². The monoisotopic (exact) mass is 433 g/mol. The molecule has 0 radical (unpaired) electrons. The van der Waals surface area contributed by atoms with Gasteiger partial charge >= 0.3 is 0 Å². The third kappa shape index (κ3) is 2.24. The maximum absolute atomic E-state index is 5.52. The number of aromatic nitrogens is 1. The van der Waals surface area contributed by atoms with Crippen LogP contribution >= 0.6 is 11.3 Å². The predicted molar refractivity (Wildman–Crippen MR) is 139 cm³/mol. The number of rotatable bonds is 2. The average molecular weight is 434 g/mol. The van der Waals surface area contributed by atoms with Gasteiger partial charge in [0.2, 0.25) is 0 Å². The van der Waals surface area contributed by atoms with Crippen molar-refractivity contribution in [2.75, 3.05) is 7.11 Å². The molecule has 0 aliphatic rings. The first-order valence-corrected chi connectivity index (χ1v) is 12.0. The standard InChI is InChI=1S/C29H23NOS/c1-15(2)18-11-23-22-10-17-6-5-16(3)9-19(17)13-25(22)30-27(23)24(12-18)29-28(30)21-8-7-20(31-4)14-26(21)32-29/h5-15H,1-4H3. The van der Waals surface area contributed by atoms with Crippen LogP contribution in [0, 0.1) is 6.92 Å². The van der Waals surface area contributed by atoms with E-state index in [2.05, 4.69) is 85.8 Å². The highest BCUT2D eigenvalue weighted by Gasteiger charge is 2.22. The fraction of sp³-hybridized carbons (Fsp3) is 0.172. The van der Waals surface area contributed by atoms with Gasteiger partial charge in [-0.15, -0.1) is 11.3 Å². The quantitative estimate of drug-likeness (QED) is 0.266. The molecule has 0 saturated heterocycles. The Kier molecular flexibility index (Phi) is 3.51. The number of hydrogen-bond acceptors (Lipinski definition) is 2. The van der Waals surface area contributed by atoms with Gasteiger partial charge in [-0.25, -0.2) is 0 Å². The zero-order valence-corrected chi connectivity index (χ0v) is 19.4. The zero-order chi connectivity index (χ0) is 21.7. The van der Waals surface area contributed by atoms with Crippen molar-refractivity contribution in [3.8, 4) is 5.75 Å². The van der Waals surface area contributed by atoms with Gasteiger partial charge in [0.1, 0.15) is 5.75 Å². The summed E-state index contributed by atoms with van der Waals surface area (Å²) in [5.74, 6) is 1.40. The molecule has 0 unspecified atom stereocenters. The van der Waals surface area contributed by atoms with E-state index in [1.165, 1.54) is 69.4 Å². The molecule has 3 aromatic heterocycles. The third-order valence-corrected chi connectivity index (χ3v) is 8.18. The van der Waals surface area contributed by atoms with Crippen LogP contribution in [-0.4, -0.2) is 11.5 Å². The van der Waals surface area contributed by atoms with Gasteiger partial charge in [-0.1, -0.05) is 37.6 Å². The highest BCUT2D eigenvalue weighted by atomic mass is 32.1. The number of hydrogen-bond donors (Lipinski definition) is 0. The normalized spacial score (nSPS) is 12.7. The van der Waals surface area contributed by atoms with Gasteiger partial charge < -0.3 is 9.14 Å². The number of aryl methyl sites for hydroxylation is 1. The molecule has 0 aliphatic heterocycles. The molecular formula is C29H23NOS. The number of benzene rings is 4. The molecule has 0 N–H and O–H groups in total. The molecule has 0 spiro atoms. The Morgan fingerprint density at radius 1 is 0.781 bits per heavy atom. The Morgan fingerprint density at radius 2 is 1.62 bits per heavy atom. The molecule has 7 aromatic rings. The number of ether oxygens (including phenoxy) is 1. The number of fused-ring (bicyclic) bond motifs is 9. The van der Waals surface area contributed by atoms with Crippen molar-refractivity contribution in [3.05, 3.63) is 71.8 Å². The lowest BCUT2D eigenvalue weighted by Crippen LogP contribution is -1.86. The van der Waals surface area contributed by atoms with E-state index < -0.39 is 0 Å². The molecule has 0 amide bonds. The van der Waals surface area contributed by atoms with Gasteiger partial charge in [-0.3, -0.25) is 0 Å². The molecule has 156 valence electrons. The summed E-state index contributed by atoms with van der Waals surface area (Å²) in [7, 11) is 1.74. The van der Waals surface area contributed by atoms with Crippen molar-refractivity contribution in [1.29, 1.82) is 0 Å². The van der Waals surface area contributed by atoms with Crippen LogP contribution in [0.4, 0.5) is 0 Å². The summed E-state index contributed by atoms with van der Waals surface area (Å²) in [6.45, 7) is 6.75. The van der Waals surface area contributed by atoms with Crippen LogP contribution < -0.4 is 4.74 Å². The molecule has 0 fully saturated rings. The SMILES string of the molecule is COc1ccc2c(c1)sc1c3cc(C(C)C)cc4c5cc6ccc(C)cc6cc5n(c43)c21. The largest absolute Gasteiger partial charge is 0.497 e. The Labute approximate surface area is 190 Å².